The summed E-state index contributed by atoms with van der Waals surface area (Å²) >= 11 is 0. The Morgan fingerprint density at radius 1 is 1.67 bits per heavy atom. The minimum Gasteiger partial charge on any atom is -0.465 e. The molecule has 0 saturated heterocycles. The van der Waals surface area contributed by atoms with Crippen molar-refractivity contribution >= 4 is 6.09 Å². The number of carbonyl (C=O) groups is 1. The van der Waals surface area contributed by atoms with Gasteiger partial charge in [0.2, 0.25) is 0 Å². The van der Waals surface area contributed by atoms with Gasteiger partial charge in [0.15, 0.2) is 0 Å². The minimum atomic E-state index is -1.07. The fourth-order valence-electron chi connectivity index (χ4n) is 0.958. The van der Waals surface area contributed by atoms with Gasteiger partial charge in [-0.3, -0.25) is 0 Å². The molecule has 0 spiro atoms. The summed E-state index contributed by atoms with van der Waals surface area (Å²) in [7, 11) is 0. The van der Waals surface area contributed by atoms with Gasteiger partial charge in [-0.2, -0.15) is 0 Å². The van der Waals surface area contributed by atoms with Gasteiger partial charge in [-0.15, -0.1) is 0 Å². The molecule has 0 saturated carbocycles. The predicted molar refractivity (Wildman–Crippen MR) is 40.9 cm³/mol. The van der Waals surface area contributed by atoms with Crippen molar-refractivity contribution in [2.24, 2.45) is 0 Å². The van der Waals surface area contributed by atoms with Gasteiger partial charge in [0.05, 0.1) is 25.4 Å². The van der Waals surface area contributed by atoms with E-state index in [1.54, 1.807) is 12.2 Å². The van der Waals surface area contributed by atoms with Crippen molar-refractivity contribution in [2.45, 2.75) is 12.1 Å². The molecule has 0 aliphatic carbocycles. The summed E-state index contributed by atoms with van der Waals surface area (Å²) < 4.78 is 5.08. The summed E-state index contributed by atoms with van der Waals surface area (Å²) in [6.45, 7) is 0.199. The highest BCUT2D eigenvalue weighted by atomic mass is 16.5. The summed E-state index contributed by atoms with van der Waals surface area (Å²) in [5.41, 5.74) is 0. The van der Waals surface area contributed by atoms with Crippen molar-refractivity contribution in [3.8, 4) is 0 Å². The number of rotatable bonds is 2. The normalized spacial score (nSPS) is 28.4. The molecule has 1 amide bonds. The molecule has 12 heavy (non-hydrogen) atoms. The highest BCUT2D eigenvalue weighted by molar-refractivity contribution is 5.65. The third-order valence-corrected chi connectivity index (χ3v) is 1.54. The number of hydrogen-bond donors (Lipinski definition) is 3. The zero-order valence-electron chi connectivity index (χ0n) is 6.43. The number of hydrogen-bond acceptors (Lipinski definition) is 3. The highest BCUT2D eigenvalue weighted by Gasteiger charge is 2.16. The van der Waals surface area contributed by atoms with Gasteiger partial charge < -0.3 is 20.3 Å². The molecule has 1 aliphatic rings. The summed E-state index contributed by atoms with van der Waals surface area (Å²) in [6, 6.07) is -0.301. The molecule has 5 nitrogen and oxygen atoms in total. The first kappa shape index (κ1) is 9.02. The molecule has 0 radical (unpaired) electrons. The van der Waals surface area contributed by atoms with E-state index in [-0.39, 0.29) is 25.4 Å². The van der Waals surface area contributed by atoms with E-state index in [1.165, 1.54) is 0 Å². The first-order valence-corrected chi connectivity index (χ1v) is 3.62. The molecule has 68 valence electrons. The average molecular weight is 173 g/mol. The van der Waals surface area contributed by atoms with Gasteiger partial charge in [-0.25, -0.2) is 4.79 Å². The van der Waals surface area contributed by atoms with Crippen molar-refractivity contribution in [3.05, 3.63) is 12.2 Å². The van der Waals surface area contributed by atoms with E-state index in [2.05, 4.69) is 5.32 Å². The van der Waals surface area contributed by atoms with Gasteiger partial charge in [0.1, 0.15) is 0 Å². The Morgan fingerprint density at radius 3 is 2.83 bits per heavy atom. The van der Waals surface area contributed by atoms with E-state index in [4.69, 9.17) is 14.9 Å². The topological polar surface area (TPSA) is 78.8 Å². The molecule has 3 N–H and O–H groups in total. The minimum absolute atomic E-state index is 0.0731. The van der Waals surface area contributed by atoms with Crippen molar-refractivity contribution in [1.82, 2.24) is 5.32 Å². The van der Waals surface area contributed by atoms with Crippen LogP contribution in [-0.2, 0) is 4.74 Å². The second-order valence-electron chi connectivity index (χ2n) is 2.50. The Bertz CT molecular complexity index is 192. The van der Waals surface area contributed by atoms with E-state index in [9.17, 15) is 4.79 Å². The molecule has 0 aromatic rings. The molecule has 5 heteroatoms. The van der Waals surface area contributed by atoms with Crippen molar-refractivity contribution in [2.75, 3.05) is 13.2 Å². The lowest BCUT2D eigenvalue weighted by Crippen LogP contribution is -2.39. The average Bonchev–Trinajstić information content (AvgIpc) is 2.05. The van der Waals surface area contributed by atoms with Crippen LogP contribution in [-0.4, -0.2) is 41.7 Å². The lowest BCUT2D eigenvalue weighted by molar-refractivity contribution is 0.0279. The van der Waals surface area contributed by atoms with Crippen LogP contribution in [0.4, 0.5) is 4.79 Å². The molecule has 0 fully saturated rings. The van der Waals surface area contributed by atoms with Gasteiger partial charge in [-0.1, -0.05) is 12.2 Å². The van der Waals surface area contributed by atoms with Crippen LogP contribution < -0.4 is 5.32 Å². The smallest absolute Gasteiger partial charge is 0.405 e. The van der Waals surface area contributed by atoms with Crippen LogP contribution in [0.3, 0.4) is 0 Å². The third-order valence-electron chi connectivity index (χ3n) is 1.54. The number of carboxylic acid groups (broad SMARTS) is 1. The van der Waals surface area contributed by atoms with E-state index in [0.717, 1.165) is 0 Å². The summed E-state index contributed by atoms with van der Waals surface area (Å²) in [5.74, 6) is 0. The van der Waals surface area contributed by atoms with E-state index >= 15 is 0 Å². The zero-order valence-corrected chi connectivity index (χ0v) is 6.43. The SMILES string of the molecule is O=C(O)N[C@@H]1C=C[C@@H](CO)OC1. The quantitative estimate of drug-likeness (QED) is 0.495. The first-order valence-electron chi connectivity index (χ1n) is 3.62. The van der Waals surface area contributed by atoms with Crippen molar-refractivity contribution in [3.63, 3.8) is 0 Å². The molecule has 2 atom stereocenters. The number of aliphatic hydroxyl groups excluding tert-OH is 1. The molecule has 0 aromatic heterocycles. The van der Waals surface area contributed by atoms with Gasteiger partial charge in [0, 0.05) is 0 Å². The largest absolute Gasteiger partial charge is 0.465 e. The maximum Gasteiger partial charge on any atom is 0.405 e. The van der Waals surface area contributed by atoms with Crippen LogP contribution in [0.1, 0.15) is 0 Å². The Morgan fingerprint density at radius 2 is 2.42 bits per heavy atom. The molecular weight excluding hydrogens is 162 g/mol. The lowest BCUT2D eigenvalue weighted by atomic mass is 10.2. The first-order chi connectivity index (χ1) is 5.72. The van der Waals surface area contributed by atoms with Gasteiger partial charge >= 0.3 is 6.09 Å². The fourth-order valence-corrected chi connectivity index (χ4v) is 0.958. The van der Waals surface area contributed by atoms with Crippen LogP contribution in [0.5, 0.6) is 0 Å². The van der Waals surface area contributed by atoms with Crippen LogP contribution in [0.25, 0.3) is 0 Å². The van der Waals surface area contributed by atoms with E-state index < -0.39 is 6.09 Å². The van der Waals surface area contributed by atoms with Crippen LogP contribution in [0, 0.1) is 0 Å². The fraction of sp³-hybridized carbons (Fsp3) is 0.571. The molecular formula is C7H11NO4. The van der Waals surface area contributed by atoms with Crippen molar-refractivity contribution in [1.29, 1.82) is 0 Å². The summed E-state index contributed by atoms with van der Waals surface area (Å²) in [4.78, 5) is 10.2. The molecule has 0 aromatic carbocycles. The van der Waals surface area contributed by atoms with E-state index in [0.29, 0.717) is 0 Å². The highest BCUT2D eigenvalue weighted by Crippen LogP contribution is 2.04. The lowest BCUT2D eigenvalue weighted by Gasteiger charge is -2.21. The second-order valence-corrected chi connectivity index (χ2v) is 2.50. The third kappa shape index (κ3) is 2.52. The van der Waals surface area contributed by atoms with Crippen LogP contribution in [0.15, 0.2) is 12.2 Å². The molecule has 1 heterocycles. The monoisotopic (exact) mass is 173 g/mol. The summed E-state index contributed by atoms with van der Waals surface area (Å²) in [6.07, 6.45) is 1.95. The number of aliphatic hydroxyl groups is 1. The molecule has 0 bridgehead atoms. The van der Waals surface area contributed by atoms with Crippen LogP contribution in [0.2, 0.25) is 0 Å². The standard InChI is InChI=1S/C7H11NO4/c9-3-6-2-1-5(4-12-6)8-7(10)11/h1-2,5-6,8-9H,3-4H2,(H,10,11)/t5-,6+/m1/s1. The van der Waals surface area contributed by atoms with Gasteiger partial charge in [0.25, 0.3) is 0 Å². The van der Waals surface area contributed by atoms with Crippen LogP contribution >= 0.6 is 0 Å². The molecule has 0 unspecified atom stereocenters. The molecule has 1 aliphatic heterocycles. The predicted octanol–water partition coefficient (Wildman–Crippen LogP) is -0.430. The summed E-state index contributed by atoms with van der Waals surface area (Å²) in [5, 5.41) is 19.2. The number of ether oxygens (including phenoxy) is 1. The van der Waals surface area contributed by atoms with E-state index in [1.807, 2.05) is 0 Å². The Hall–Kier alpha value is -1.07. The number of nitrogens with one attached hydrogen (secondary N) is 1. The van der Waals surface area contributed by atoms with Gasteiger partial charge in [-0.05, 0) is 0 Å². The Kier molecular flexibility index (Phi) is 3.07. The molecule has 1 rings (SSSR count). The zero-order chi connectivity index (χ0) is 8.97. The maximum absolute atomic E-state index is 10.2. The van der Waals surface area contributed by atoms with Crippen molar-refractivity contribution < 1.29 is 19.7 Å². The maximum atomic E-state index is 10.2. The Balaban J connectivity index is 2.37. The number of amides is 1. The second kappa shape index (κ2) is 4.08. The Labute approximate surface area is 69.6 Å².